The molecule has 0 saturated heterocycles. The Hall–Kier alpha value is -0.0800. The lowest BCUT2D eigenvalue weighted by Crippen LogP contribution is -2.15. The van der Waals surface area contributed by atoms with Gasteiger partial charge in [-0.15, -0.1) is 0 Å². The van der Waals surface area contributed by atoms with Crippen molar-refractivity contribution in [3.63, 3.8) is 0 Å². The lowest BCUT2D eigenvalue weighted by atomic mass is 10.0. The molecule has 0 aliphatic heterocycles. The third kappa shape index (κ3) is 2.28. The first-order valence-electron chi connectivity index (χ1n) is 2.88. The van der Waals surface area contributed by atoms with E-state index in [-0.39, 0.29) is 5.92 Å². The molecule has 0 fully saturated rings. The Morgan fingerprint density at radius 2 is 2.12 bits per heavy atom. The predicted octanol–water partition coefficient (Wildman–Crippen LogP) is 0.928. The number of rotatable bonds is 3. The maximum atomic E-state index is 8.82. The molecule has 0 amide bonds. The summed E-state index contributed by atoms with van der Waals surface area (Å²) in [7, 11) is 0. The minimum absolute atomic E-state index is 0.0602. The minimum atomic E-state index is -0.426. The maximum absolute atomic E-state index is 8.82. The molecular weight excluding hydrogens is 104 g/mol. The van der Waals surface area contributed by atoms with E-state index in [0.717, 1.165) is 13.0 Å². The van der Waals surface area contributed by atoms with Crippen LogP contribution in [0.2, 0.25) is 0 Å². The summed E-state index contributed by atoms with van der Waals surface area (Å²) in [4.78, 5) is 0. The summed E-state index contributed by atoms with van der Waals surface area (Å²) in [6, 6.07) is 0. The van der Waals surface area contributed by atoms with Gasteiger partial charge in [0.25, 0.3) is 0 Å². The van der Waals surface area contributed by atoms with Gasteiger partial charge in [-0.1, -0.05) is 6.92 Å². The van der Waals surface area contributed by atoms with Crippen LogP contribution in [0.3, 0.4) is 0 Å². The van der Waals surface area contributed by atoms with Crippen molar-refractivity contribution in [1.29, 1.82) is 0 Å². The first-order valence-corrected chi connectivity index (χ1v) is 2.88. The number of aliphatic hydroxyl groups is 2. The summed E-state index contributed by atoms with van der Waals surface area (Å²) in [5, 5.41) is 17.2. The van der Waals surface area contributed by atoms with E-state index >= 15 is 0 Å². The standard InChI is InChI=1S/C6H13O2/c1-3-6(4-7)5(2)8/h4-8H,3H2,1-2H3. The number of hydrogen-bond donors (Lipinski definition) is 2. The van der Waals surface area contributed by atoms with Gasteiger partial charge in [0.2, 0.25) is 0 Å². The van der Waals surface area contributed by atoms with Crippen molar-refractivity contribution in [2.24, 2.45) is 5.92 Å². The van der Waals surface area contributed by atoms with Crippen LogP contribution in [0, 0.1) is 12.5 Å². The van der Waals surface area contributed by atoms with Crippen LogP contribution in [0.4, 0.5) is 0 Å². The van der Waals surface area contributed by atoms with Gasteiger partial charge >= 0.3 is 0 Å². The van der Waals surface area contributed by atoms with Gasteiger partial charge in [0.15, 0.2) is 0 Å². The fraction of sp³-hybridized carbons (Fsp3) is 0.833. The quantitative estimate of drug-likeness (QED) is 0.577. The first kappa shape index (κ1) is 7.92. The molecule has 0 aromatic carbocycles. The average molecular weight is 117 g/mol. The van der Waals surface area contributed by atoms with Crippen LogP contribution < -0.4 is 0 Å². The molecule has 49 valence electrons. The smallest absolute Gasteiger partial charge is 0.0855 e. The van der Waals surface area contributed by atoms with Crippen molar-refractivity contribution in [2.45, 2.75) is 26.4 Å². The third-order valence-electron chi connectivity index (χ3n) is 1.28. The molecule has 1 radical (unpaired) electrons. The molecule has 2 heteroatoms. The van der Waals surface area contributed by atoms with Gasteiger partial charge in [0, 0.05) is 5.92 Å². The second-order valence-corrected chi connectivity index (χ2v) is 1.96. The molecule has 0 bridgehead atoms. The molecule has 8 heavy (non-hydrogen) atoms. The summed E-state index contributed by atoms with van der Waals surface area (Å²) >= 11 is 0. The van der Waals surface area contributed by atoms with Crippen molar-refractivity contribution in [3.8, 4) is 0 Å². The molecule has 0 aliphatic carbocycles. The summed E-state index contributed by atoms with van der Waals surface area (Å²) in [5.41, 5.74) is 0. The van der Waals surface area contributed by atoms with Gasteiger partial charge in [-0.3, -0.25) is 0 Å². The summed E-state index contributed by atoms with van der Waals surface area (Å²) in [6.45, 7) is 4.63. The topological polar surface area (TPSA) is 40.5 Å². The maximum Gasteiger partial charge on any atom is 0.0855 e. The molecular formula is C6H13O2. The highest BCUT2D eigenvalue weighted by atomic mass is 16.3. The van der Waals surface area contributed by atoms with Crippen molar-refractivity contribution >= 4 is 0 Å². The van der Waals surface area contributed by atoms with E-state index in [1.807, 2.05) is 6.92 Å². The molecule has 0 aliphatic rings. The van der Waals surface area contributed by atoms with Crippen LogP contribution in [0.1, 0.15) is 20.3 Å². The Morgan fingerprint density at radius 3 is 2.12 bits per heavy atom. The lowest BCUT2D eigenvalue weighted by Gasteiger charge is -2.12. The number of hydrogen-bond acceptors (Lipinski definition) is 2. The largest absolute Gasteiger partial charge is 0.393 e. The molecule has 2 N–H and O–H groups in total. The minimum Gasteiger partial charge on any atom is -0.393 e. The van der Waals surface area contributed by atoms with E-state index in [1.165, 1.54) is 0 Å². The fourth-order valence-corrected chi connectivity index (χ4v) is 0.571. The van der Waals surface area contributed by atoms with E-state index < -0.39 is 6.10 Å². The highest BCUT2D eigenvalue weighted by Crippen LogP contribution is 2.08. The van der Waals surface area contributed by atoms with E-state index in [0.29, 0.717) is 0 Å². The molecule has 0 aromatic heterocycles. The van der Waals surface area contributed by atoms with Gasteiger partial charge in [-0.25, -0.2) is 0 Å². The molecule has 2 atom stereocenters. The average Bonchev–Trinajstić information content (AvgIpc) is 1.69. The SMILES string of the molecule is CCC([CH]O)C(C)O. The van der Waals surface area contributed by atoms with Gasteiger partial charge in [0.1, 0.15) is 0 Å². The van der Waals surface area contributed by atoms with E-state index in [9.17, 15) is 0 Å². The van der Waals surface area contributed by atoms with Gasteiger partial charge < -0.3 is 10.2 Å². The Labute approximate surface area is 50.2 Å². The lowest BCUT2D eigenvalue weighted by molar-refractivity contribution is 0.110. The van der Waals surface area contributed by atoms with Crippen molar-refractivity contribution in [1.82, 2.24) is 0 Å². The molecule has 2 nitrogen and oxygen atoms in total. The Balaban J connectivity index is 3.35. The monoisotopic (exact) mass is 117 g/mol. The second kappa shape index (κ2) is 3.87. The number of aliphatic hydroxyl groups excluding tert-OH is 2. The molecule has 0 spiro atoms. The normalized spacial score (nSPS) is 18.0. The zero-order chi connectivity index (χ0) is 6.57. The summed E-state index contributed by atoms with van der Waals surface area (Å²) in [5.74, 6) is -0.0602. The second-order valence-electron chi connectivity index (χ2n) is 1.96. The van der Waals surface area contributed by atoms with Gasteiger partial charge in [-0.05, 0) is 13.3 Å². The third-order valence-corrected chi connectivity index (χ3v) is 1.28. The van der Waals surface area contributed by atoms with E-state index in [4.69, 9.17) is 10.2 Å². The highest BCUT2D eigenvalue weighted by Gasteiger charge is 2.10. The zero-order valence-corrected chi connectivity index (χ0v) is 5.33. The van der Waals surface area contributed by atoms with Crippen LogP contribution in [-0.4, -0.2) is 16.3 Å². The molecule has 0 heterocycles. The Bertz CT molecular complexity index is 48.5. The van der Waals surface area contributed by atoms with Crippen molar-refractivity contribution < 1.29 is 10.2 Å². The molecule has 0 saturated carbocycles. The summed E-state index contributed by atoms with van der Waals surface area (Å²) < 4.78 is 0. The first-order chi connectivity index (χ1) is 3.72. The van der Waals surface area contributed by atoms with Crippen LogP contribution in [0.15, 0.2) is 0 Å². The summed E-state index contributed by atoms with van der Waals surface area (Å²) in [6.07, 6.45) is 0.360. The Morgan fingerprint density at radius 1 is 1.62 bits per heavy atom. The zero-order valence-electron chi connectivity index (χ0n) is 5.33. The van der Waals surface area contributed by atoms with Gasteiger partial charge in [0.05, 0.1) is 12.7 Å². The molecule has 0 aromatic rings. The van der Waals surface area contributed by atoms with Gasteiger partial charge in [-0.2, -0.15) is 0 Å². The fourth-order valence-electron chi connectivity index (χ4n) is 0.571. The van der Waals surface area contributed by atoms with Crippen LogP contribution in [0.25, 0.3) is 0 Å². The van der Waals surface area contributed by atoms with Crippen LogP contribution in [-0.2, 0) is 0 Å². The Kier molecular flexibility index (Phi) is 3.83. The molecule has 0 rings (SSSR count). The van der Waals surface area contributed by atoms with E-state index in [2.05, 4.69) is 0 Å². The highest BCUT2D eigenvalue weighted by molar-refractivity contribution is 4.68. The van der Waals surface area contributed by atoms with Crippen LogP contribution >= 0.6 is 0 Å². The predicted molar refractivity (Wildman–Crippen MR) is 31.7 cm³/mol. The van der Waals surface area contributed by atoms with Crippen molar-refractivity contribution in [3.05, 3.63) is 6.61 Å². The van der Waals surface area contributed by atoms with E-state index in [1.54, 1.807) is 6.92 Å². The van der Waals surface area contributed by atoms with Crippen molar-refractivity contribution in [2.75, 3.05) is 0 Å². The molecule has 2 unspecified atom stereocenters. The van der Waals surface area contributed by atoms with Crippen LogP contribution in [0.5, 0.6) is 0 Å².